The summed E-state index contributed by atoms with van der Waals surface area (Å²) in [6.07, 6.45) is 5.21. The summed E-state index contributed by atoms with van der Waals surface area (Å²) in [5.41, 5.74) is 2.99. The van der Waals surface area contributed by atoms with Gasteiger partial charge in [0.1, 0.15) is 17.2 Å². The Bertz CT molecular complexity index is 1490. The zero-order chi connectivity index (χ0) is 27.5. The van der Waals surface area contributed by atoms with Crippen LogP contribution >= 0.6 is 0 Å². The van der Waals surface area contributed by atoms with Crippen molar-refractivity contribution in [1.29, 1.82) is 0 Å². The van der Waals surface area contributed by atoms with Crippen molar-refractivity contribution in [2.75, 3.05) is 6.79 Å². The second-order valence-electron chi connectivity index (χ2n) is 10.5. The lowest BCUT2D eigenvalue weighted by atomic mass is 9.95. The molecule has 0 saturated heterocycles. The number of carbonyl (C=O) groups is 2. The largest absolute Gasteiger partial charge is 0.464 e. The van der Waals surface area contributed by atoms with E-state index in [1.165, 1.54) is 6.42 Å². The number of H-pyrrole nitrogens is 1. The van der Waals surface area contributed by atoms with E-state index in [0.29, 0.717) is 28.7 Å². The molecule has 4 aromatic rings. The summed E-state index contributed by atoms with van der Waals surface area (Å²) in [4.78, 5) is 33.1. The Kier molecular flexibility index (Phi) is 7.31. The number of nitrogens with one attached hydrogen (secondary N) is 2. The van der Waals surface area contributed by atoms with Crippen LogP contribution in [0.5, 0.6) is 11.5 Å². The minimum absolute atomic E-state index is 0.0810. The number of nitrogens with zero attached hydrogens (tertiary/aromatic N) is 1. The Morgan fingerprint density at radius 2 is 1.75 bits per heavy atom. The van der Waals surface area contributed by atoms with E-state index in [1.54, 1.807) is 17.0 Å². The van der Waals surface area contributed by atoms with Gasteiger partial charge in [-0.3, -0.25) is 9.59 Å². The second-order valence-corrected chi connectivity index (χ2v) is 10.5. The van der Waals surface area contributed by atoms with Crippen LogP contribution in [0.3, 0.4) is 0 Å². The van der Waals surface area contributed by atoms with Crippen LogP contribution in [-0.4, -0.2) is 34.5 Å². The van der Waals surface area contributed by atoms with Crippen LogP contribution in [0.25, 0.3) is 11.3 Å². The maximum Gasteiger partial charge on any atom is 0.271 e. The molecule has 6 rings (SSSR count). The molecule has 1 saturated carbocycles. The summed E-state index contributed by atoms with van der Waals surface area (Å²) in [6.45, 7) is 2.16. The van der Waals surface area contributed by atoms with Gasteiger partial charge in [0.2, 0.25) is 6.79 Å². The minimum atomic E-state index is -0.961. The van der Waals surface area contributed by atoms with Gasteiger partial charge in [-0.1, -0.05) is 55.7 Å². The topological polar surface area (TPSA) is 96.8 Å². The first-order chi connectivity index (χ1) is 19.5. The number of benzene rings is 2. The fourth-order valence-corrected chi connectivity index (χ4v) is 5.53. The van der Waals surface area contributed by atoms with Crippen molar-refractivity contribution in [2.24, 2.45) is 0 Å². The molecule has 3 heterocycles. The fraction of sp³-hybridized carbons (Fsp3) is 0.312. The smallest absolute Gasteiger partial charge is 0.271 e. The van der Waals surface area contributed by atoms with Gasteiger partial charge in [0.25, 0.3) is 11.8 Å². The monoisotopic (exact) mass is 539 g/mol. The first-order valence-corrected chi connectivity index (χ1v) is 13.9. The standard InChI is InChI=1S/C32H33N3O5/c1-21-12-16-28(40-21)30(31(36)33-24-10-6-3-7-11-24)35(19-22-13-17-27-29(18-22)39-20-38-27)32(37)26-15-14-25(34-26)23-8-4-2-5-9-23/h2,4-5,8-9,12-18,24,30,34H,3,6-7,10-11,19-20H2,1H3,(H,33,36)/t30-/m1/s1. The number of aromatic amines is 1. The Morgan fingerprint density at radius 3 is 2.52 bits per heavy atom. The molecule has 2 aromatic carbocycles. The lowest BCUT2D eigenvalue weighted by molar-refractivity contribution is -0.127. The molecule has 2 aliphatic rings. The maximum absolute atomic E-state index is 14.3. The zero-order valence-electron chi connectivity index (χ0n) is 22.5. The molecule has 1 fully saturated rings. The van der Waals surface area contributed by atoms with Crippen molar-refractivity contribution in [2.45, 2.75) is 57.7 Å². The van der Waals surface area contributed by atoms with Gasteiger partial charge in [-0.25, -0.2) is 0 Å². The zero-order valence-corrected chi connectivity index (χ0v) is 22.5. The number of carbonyl (C=O) groups excluding carboxylic acids is 2. The first kappa shape index (κ1) is 25.8. The van der Waals surface area contributed by atoms with Gasteiger partial charge in [0, 0.05) is 18.3 Å². The highest BCUT2D eigenvalue weighted by Gasteiger charge is 2.36. The summed E-state index contributed by atoms with van der Waals surface area (Å²) in [5.74, 6) is 1.82. The van der Waals surface area contributed by atoms with Crippen LogP contribution in [0, 0.1) is 6.92 Å². The summed E-state index contributed by atoms with van der Waals surface area (Å²) in [7, 11) is 0. The fourth-order valence-electron chi connectivity index (χ4n) is 5.53. The van der Waals surface area contributed by atoms with Gasteiger partial charge in [-0.15, -0.1) is 0 Å². The van der Waals surface area contributed by atoms with E-state index in [-0.39, 0.29) is 31.2 Å². The molecule has 1 atom stereocenters. The van der Waals surface area contributed by atoms with Crippen molar-refractivity contribution >= 4 is 11.8 Å². The van der Waals surface area contributed by atoms with Gasteiger partial charge in [0.05, 0.1) is 0 Å². The predicted octanol–water partition coefficient (Wildman–Crippen LogP) is 6.14. The molecular weight excluding hydrogens is 506 g/mol. The molecule has 2 aromatic heterocycles. The summed E-state index contributed by atoms with van der Waals surface area (Å²) >= 11 is 0. The molecule has 0 unspecified atom stereocenters. The molecule has 8 nitrogen and oxygen atoms in total. The molecule has 2 amide bonds. The van der Waals surface area contributed by atoms with Crippen molar-refractivity contribution in [1.82, 2.24) is 15.2 Å². The highest BCUT2D eigenvalue weighted by Crippen LogP contribution is 2.35. The van der Waals surface area contributed by atoms with E-state index < -0.39 is 6.04 Å². The number of amides is 2. The van der Waals surface area contributed by atoms with Crippen molar-refractivity contribution in [3.05, 3.63) is 95.6 Å². The van der Waals surface area contributed by atoms with Crippen molar-refractivity contribution in [3.63, 3.8) is 0 Å². The second kappa shape index (κ2) is 11.3. The number of rotatable bonds is 8. The molecule has 8 heteroatoms. The minimum Gasteiger partial charge on any atom is -0.464 e. The van der Waals surface area contributed by atoms with Gasteiger partial charge in [-0.2, -0.15) is 0 Å². The van der Waals surface area contributed by atoms with Crippen LogP contribution < -0.4 is 14.8 Å². The van der Waals surface area contributed by atoms with Crippen molar-refractivity contribution < 1.29 is 23.5 Å². The van der Waals surface area contributed by atoms with E-state index in [2.05, 4.69) is 10.3 Å². The number of ether oxygens (including phenoxy) is 2. The SMILES string of the molecule is Cc1ccc([C@H](C(=O)NC2CCCCC2)N(Cc2ccc3c(c2)OCO3)C(=O)c2ccc(-c3ccccc3)[nH]2)o1. The molecule has 206 valence electrons. The molecule has 1 aliphatic carbocycles. The van der Waals surface area contributed by atoms with Gasteiger partial charge >= 0.3 is 0 Å². The number of fused-ring (bicyclic) bond motifs is 1. The first-order valence-electron chi connectivity index (χ1n) is 13.9. The van der Waals surface area contributed by atoms with E-state index in [0.717, 1.165) is 42.5 Å². The van der Waals surface area contributed by atoms with E-state index in [1.807, 2.05) is 67.6 Å². The van der Waals surface area contributed by atoms with E-state index in [4.69, 9.17) is 13.9 Å². The Morgan fingerprint density at radius 1 is 0.950 bits per heavy atom. The van der Waals surface area contributed by atoms with Gasteiger partial charge in [0.15, 0.2) is 17.5 Å². The third-order valence-corrected chi connectivity index (χ3v) is 7.59. The third-order valence-electron chi connectivity index (χ3n) is 7.59. The van der Waals surface area contributed by atoms with Gasteiger partial charge < -0.3 is 29.1 Å². The van der Waals surface area contributed by atoms with E-state index >= 15 is 0 Å². The Labute approximate surface area is 233 Å². The lowest BCUT2D eigenvalue weighted by Crippen LogP contribution is -2.46. The number of aryl methyl sites for hydroxylation is 1. The molecular formula is C32H33N3O5. The normalized spacial score (nSPS) is 15.5. The summed E-state index contributed by atoms with van der Waals surface area (Å²) < 4.78 is 17.1. The Hall–Kier alpha value is -4.46. The average molecular weight is 540 g/mol. The number of aromatic nitrogens is 1. The average Bonchev–Trinajstić information content (AvgIpc) is 3.75. The number of hydrogen-bond donors (Lipinski definition) is 2. The molecule has 2 N–H and O–H groups in total. The summed E-state index contributed by atoms with van der Waals surface area (Å²) in [5, 5.41) is 3.22. The number of hydrogen-bond acceptors (Lipinski definition) is 5. The predicted molar refractivity (Wildman–Crippen MR) is 150 cm³/mol. The molecule has 0 bridgehead atoms. The highest BCUT2D eigenvalue weighted by molar-refractivity contribution is 5.97. The van der Waals surface area contributed by atoms with Crippen molar-refractivity contribution in [3.8, 4) is 22.8 Å². The van der Waals surface area contributed by atoms with E-state index in [9.17, 15) is 9.59 Å². The Balaban J connectivity index is 1.37. The van der Waals surface area contributed by atoms with Crippen LogP contribution in [0.4, 0.5) is 0 Å². The van der Waals surface area contributed by atoms with Gasteiger partial charge in [-0.05, 0) is 67.3 Å². The molecule has 1 aliphatic heterocycles. The maximum atomic E-state index is 14.3. The van der Waals surface area contributed by atoms with Crippen LogP contribution in [0.15, 0.2) is 77.2 Å². The molecule has 0 radical (unpaired) electrons. The quantitative estimate of drug-likeness (QED) is 0.280. The highest BCUT2D eigenvalue weighted by atomic mass is 16.7. The van der Waals surface area contributed by atoms with Crippen LogP contribution in [-0.2, 0) is 11.3 Å². The molecule has 40 heavy (non-hydrogen) atoms. The van der Waals surface area contributed by atoms with Crippen LogP contribution in [0.1, 0.15) is 65.7 Å². The van der Waals surface area contributed by atoms with Crippen LogP contribution in [0.2, 0.25) is 0 Å². The lowest BCUT2D eigenvalue weighted by Gasteiger charge is -2.32. The number of furan rings is 1. The summed E-state index contributed by atoms with van der Waals surface area (Å²) in [6, 6.07) is 21.8. The molecule has 0 spiro atoms. The third kappa shape index (κ3) is 5.47.